The highest BCUT2D eigenvalue weighted by molar-refractivity contribution is 5.80. The van der Waals surface area contributed by atoms with Crippen LogP contribution >= 0.6 is 0 Å². The van der Waals surface area contributed by atoms with Crippen molar-refractivity contribution in [2.45, 2.75) is 89.8 Å². The minimum Gasteiger partial charge on any atom is -0.363 e. The Morgan fingerprint density at radius 3 is 2.37 bits per heavy atom. The SMILES string of the molecule is CC1C=CC=C(c2ccccc2)C1C1=C2C=C(C3=CCC(C4Nc5ccccc5N4C4(C)C=CC=CC4)C=C3)CCC2=C(C2=CC=CCC2c2ccccc2)C2=CCCCC21C. The number of fused-ring (bicyclic) bond motifs is 3. The van der Waals surface area contributed by atoms with Crippen LogP contribution in [0, 0.1) is 23.2 Å². The summed E-state index contributed by atoms with van der Waals surface area (Å²) in [7, 11) is 0. The second-order valence-electron chi connectivity index (χ2n) is 19.4. The van der Waals surface area contributed by atoms with Crippen LogP contribution in [0.2, 0.25) is 0 Å². The second-order valence-corrected chi connectivity index (χ2v) is 19.4. The summed E-state index contributed by atoms with van der Waals surface area (Å²) in [5.74, 6) is 1.36. The van der Waals surface area contributed by atoms with E-state index in [1.807, 2.05) is 0 Å². The van der Waals surface area contributed by atoms with Gasteiger partial charge in [-0.15, -0.1) is 0 Å². The lowest BCUT2D eigenvalue weighted by Gasteiger charge is -2.50. The highest BCUT2D eigenvalue weighted by atomic mass is 15.4. The Morgan fingerprint density at radius 2 is 1.56 bits per heavy atom. The maximum atomic E-state index is 3.99. The predicted octanol–water partition coefficient (Wildman–Crippen LogP) is 15.0. The molecule has 0 saturated heterocycles. The molecule has 2 heteroatoms. The topological polar surface area (TPSA) is 15.3 Å². The van der Waals surface area contributed by atoms with Crippen LogP contribution in [-0.2, 0) is 0 Å². The summed E-state index contributed by atoms with van der Waals surface area (Å²) < 4.78 is 0. The first-order valence-corrected chi connectivity index (χ1v) is 23.5. The van der Waals surface area contributed by atoms with Gasteiger partial charge < -0.3 is 10.2 Å². The number of anilines is 2. The molecule has 0 radical (unpaired) electrons. The standard InChI is InChI=1S/C60H60N2/c1-41-20-19-27-48(44-23-9-5-10-24-44)55(41)57-51-40-46(42-31-33-45(34-32-42)58-61-53-29-13-14-30-54(53)62(58)59(2)37-16-6-17-38-59)35-36-50(51)56(52-28-15-18-39-60(52,57)3)49-26-12-11-25-47(49)43-21-7-4-8-22-43/h4-14,16-17,19-24,26-33,37,40-41,45,47,55,58,61H,15,18,25,34-36,38-39H2,1-3H3. The number of hydrogen-bond donors (Lipinski definition) is 1. The fraction of sp³-hybridized carbons (Fsp3) is 0.300. The van der Waals surface area contributed by atoms with Crippen LogP contribution in [0.3, 0.4) is 0 Å². The molecule has 3 aromatic carbocycles. The van der Waals surface area contributed by atoms with E-state index < -0.39 is 0 Å². The van der Waals surface area contributed by atoms with Gasteiger partial charge in [0.25, 0.3) is 0 Å². The lowest BCUT2D eigenvalue weighted by molar-refractivity contribution is 0.354. The maximum absolute atomic E-state index is 3.99. The van der Waals surface area contributed by atoms with Crippen LogP contribution < -0.4 is 10.2 Å². The van der Waals surface area contributed by atoms with E-state index in [0.717, 1.165) is 38.5 Å². The normalized spacial score (nSPS) is 31.0. The van der Waals surface area contributed by atoms with Crippen molar-refractivity contribution < 1.29 is 0 Å². The highest BCUT2D eigenvalue weighted by Gasteiger charge is 2.49. The van der Waals surface area contributed by atoms with Crippen LogP contribution in [0.5, 0.6) is 0 Å². The van der Waals surface area contributed by atoms with Gasteiger partial charge in [0.15, 0.2) is 0 Å². The van der Waals surface area contributed by atoms with Crippen molar-refractivity contribution in [1.82, 2.24) is 0 Å². The number of para-hydroxylation sites is 2. The average molecular weight is 809 g/mol. The summed E-state index contributed by atoms with van der Waals surface area (Å²) in [5, 5.41) is 3.99. The Hall–Kier alpha value is -5.86. The van der Waals surface area contributed by atoms with E-state index in [1.54, 1.807) is 22.3 Å². The number of rotatable bonds is 7. The number of nitrogens with one attached hydrogen (secondary N) is 1. The molecule has 310 valence electrons. The number of hydrogen-bond acceptors (Lipinski definition) is 2. The quantitative estimate of drug-likeness (QED) is 0.256. The third-order valence-electron chi connectivity index (χ3n) is 15.6. The van der Waals surface area contributed by atoms with E-state index >= 15 is 0 Å². The largest absolute Gasteiger partial charge is 0.363 e. The molecular formula is C60H60N2. The Bertz CT molecular complexity index is 2660. The van der Waals surface area contributed by atoms with Crippen LogP contribution in [-0.4, -0.2) is 11.7 Å². The Morgan fingerprint density at radius 1 is 0.758 bits per heavy atom. The lowest BCUT2D eigenvalue weighted by Crippen LogP contribution is -2.53. The van der Waals surface area contributed by atoms with Gasteiger partial charge in [-0.1, -0.05) is 178 Å². The smallest absolute Gasteiger partial charge is 0.107 e. The molecule has 7 unspecified atom stereocenters. The van der Waals surface area contributed by atoms with Gasteiger partial charge in [0.1, 0.15) is 6.17 Å². The fourth-order valence-corrected chi connectivity index (χ4v) is 12.6. The third kappa shape index (κ3) is 6.52. The summed E-state index contributed by atoms with van der Waals surface area (Å²) in [5.41, 5.74) is 19.0. The van der Waals surface area contributed by atoms with Gasteiger partial charge in [-0.05, 0) is 138 Å². The molecule has 0 saturated carbocycles. The molecule has 1 heterocycles. The van der Waals surface area contributed by atoms with Gasteiger partial charge in [0, 0.05) is 23.2 Å². The van der Waals surface area contributed by atoms with Crippen LogP contribution in [0.1, 0.15) is 89.2 Å². The molecule has 0 fully saturated rings. The molecule has 0 spiro atoms. The monoisotopic (exact) mass is 808 g/mol. The Kier molecular flexibility index (Phi) is 9.94. The van der Waals surface area contributed by atoms with E-state index in [2.05, 4.69) is 207 Å². The lowest BCUT2D eigenvalue weighted by atomic mass is 9.53. The Balaban J connectivity index is 1.04. The van der Waals surface area contributed by atoms with Gasteiger partial charge in [0.2, 0.25) is 0 Å². The zero-order chi connectivity index (χ0) is 41.8. The first-order valence-electron chi connectivity index (χ1n) is 23.5. The molecule has 11 rings (SSSR count). The first-order chi connectivity index (χ1) is 30.4. The van der Waals surface area contributed by atoms with E-state index in [1.165, 1.54) is 63.2 Å². The highest BCUT2D eigenvalue weighted by Crippen LogP contribution is 2.62. The molecule has 7 atom stereocenters. The summed E-state index contributed by atoms with van der Waals surface area (Å²) in [6, 6.07) is 31.5. The molecule has 8 aliphatic rings. The van der Waals surface area contributed by atoms with Crippen molar-refractivity contribution in [2.75, 3.05) is 10.2 Å². The zero-order valence-electron chi connectivity index (χ0n) is 36.7. The molecule has 0 amide bonds. The molecule has 7 aliphatic carbocycles. The summed E-state index contributed by atoms with van der Waals surface area (Å²) in [6.45, 7) is 7.50. The van der Waals surface area contributed by atoms with Gasteiger partial charge in [-0.25, -0.2) is 0 Å². The second kappa shape index (κ2) is 15.8. The van der Waals surface area contributed by atoms with Crippen LogP contribution in [0.25, 0.3) is 5.57 Å². The maximum Gasteiger partial charge on any atom is 0.107 e. The van der Waals surface area contributed by atoms with Crippen molar-refractivity contribution in [1.29, 1.82) is 0 Å². The van der Waals surface area contributed by atoms with E-state index in [-0.39, 0.29) is 23.0 Å². The minimum absolute atomic E-state index is 0.0834. The molecule has 0 bridgehead atoms. The van der Waals surface area contributed by atoms with E-state index in [9.17, 15) is 0 Å². The van der Waals surface area contributed by atoms with Crippen molar-refractivity contribution in [3.8, 4) is 0 Å². The van der Waals surface area contributed by atoms with E-state index in [0.29, 0.717) is 17.8 Å². The van der Waals surface area contributed by atoms with Gasteiger partial charge in [-0.2, -0.15) is 0 Å². The van der Waals surface area contributed by atoms with Crippen molar-refractivity contribution in [2.24, 2.45) is 23.2 Å². The summed E-state index contributed by atoms with van der Waals surface area (Å²) in [6.07, 6.45) is 45.4. The van der Waals surface area contributed by atoms with Crippen molar-refractivity contribution >= 4 is 16.9 Å². The molecule has 3 aromatic rings. The third-order valence-corrected chi connectivity index (χ3v) is 15.6. The molecule has 0 aromatic heterocycles. The first kappa shape index (κ1) is 39.0. The number of benzene rings is 3. The van der Waals surface area contributed by atoms with Gasteiger partial charge in [-0.3, -0.25) is 0 Å². The molecule has 62 heavy (non-hydrogen) atoms. The minimum atomic E-state index is -0.0862. The molecule has 2 nitrogen and oxygen atoms in total. The van der Waals surface area contributed by atoms with Gasteiger partial charge >= 0.3 is 0 Å². The summed E-state index contributed by atoms with van der Waals surface area (Å²) in [4.78, 5) is 2.67. The van der Waals surface area contributed by atoms with Gasteiger partial charge in [0.05, 0.1) is 16.9 Å². The van der Waals surface area contributed by atoms with Crippen molar-refractivity contribution in [3.05, 3.63) is 232 Å². The summed E-state index contributed by atoms with van der Waals surface area (Å²) >= 11 is 0. The molecular weight excluding hydrogens is 749 g/mol. The average Bonchev–Trinajstić information content (AvgIpc) is 3.73. The predicted molar refractivity (Wildman–Crippen MR) is 262 cm³/mol. The fourth-order valence-electron chi connectivity index (χ4n) is 12.6. The van der Waals surface area contributed by atoms with Crippen LogP contribution in [0.4, 0.5) is 11.4 Å². The van der Waals surface area contributed by atoms with Crippen LogP contribution in [0.15, 0.2) is 221 Å². The molecule has 1 aliphatic heterocycles. The van der Waals surface area contributed by atoms with Crippen molar-refractivity contribution in [3.63, 3.8) is 0 Å². The van der Waals surface area contributed by atoms with E-state index in [4.69, 9.17) is 0 Å². The Labute approximate surface area is 370 Å². The number of nitrogens with zero attached hydrogens (tertiary/aromatic N) is 1. The zero-order valence-corrected chi connectivity index (χ0v) is 36.7. The number of allylic oxidation sites excluding steroid dienone is 21. The molecule has 1 N–H and O–H groups in total.